The van der Waals surface area contributed by atoms with Crippen molar-refractivity contribution in [3.05, 3.63) is 51.8 Å². The van der Waals surface area contributed by atoms with Crippen molar-refractivity contribution in [2.24, 2.45) is 7.05 Å². The van der Waals surface area contributed by atoms with Crippen LogP contribution in [0.25, 0.3) is 22.4 Å². The third kappa shape index (κ3) is 2.89. The molecule has 0 saturated carbocycles. The summed E-state index contributed by atoms with van der Waals surface area (Å²) in [7, 11) is 1.75. The Bertz CT molecular complexity index is 1070. The lowest BCUT2D eigenvalue weighted by Crippen LogP contribution is -2.03. The van der Waals surface area contributed by atoms with Gasteiger partial charge in [-0.2, -0.15) is 15.6 Å². The average Bonchev–Trinajstić information content (AvgIpc) is 3.02. The molecule has 6 nitrogen and oxygen atoms in total. The monoisotopic (exact) mass is 368 g/mol. The minimum Gasteiger partial charge on any atom is -0.383 e. The van der Waals surface area contributed by atoms with E-state index in [1.54, 1.807) is 42.3 Å². The number of nitrogens with zero attached hydrogens (tertiary/aromatic N) is 5. The number of nitriles is 2. The minimum absolute atomic E-state index is 0.0291. The van der Waals surface area contributed by atoms with Crippen LogP contribution in [-0.2, 0) is 7.05 Å². The Morgan fingerprint density at radius 1 is 1.08 bits per heavy atom. The summed E-state index contributed by atoms with van der Waals surface area (Å²) in [5.41, 5.74) is 8.21. The van der Waals surface area contributed by atoms with Crippen molar-refractivity contribution in [3.63, 3.8) is 0 Å². The highest BCUT2D eigenvalue weighted by Crippen LogP contribution is 2.37. The Morgan fingerprint density at radius 2 is 1.80 bits per heavy atom. The van der Waals surface area contributed by atoms with Crippen LogP contribution in [0.15, 0.2) is 30.6 Å². The van der Waals surface area contributed by atoms with Crippen LogP contribution < -0.4 is 5.73 Å². The predicted octanol–water partition coefficient (Wildman–Crippen LogP) is 3.78. The number of hydrogen-bond acceptors (Lipinski definition) is 5. The molecule has 2 heterocycles. The summed E-state index contributed by atoms with van der Waals surface area (Å²) < 4.78 is 1.59. The van der Waals surface area contributed by atoms with Gasteiger partial charge in [0.15, 0.2) is 0 Å². The van der Waals surface area contributed by atoms with Gasteiger partial charge in [-0.15, -0.1) is 0 Å². The van der Waals surface area contributed by atoms with Crippen LogP contribution in [0.2, 0.25) is 10.0 Å². The lowest BCUT2D eigenvalue weighted by Gasteiger charge is -2.13. The molecule has 0 fully saturated rings. The number of aromatic nitrogens is 3. The van der Waals surface area contributed by atoms with Crippen molar-refractivity contribution in [2.75, 3.05) is 5.73 Å². The molecule has 1 aromatic carbocycles. The number of hydrogen-bond donors (Lipinski definition) is 1. The lowest BCUT2D eigenvalue weighted by molar-refractivity contribution is 0.768. The normalized spacial score (nSPS) is 10.3. The van der Waals surface area contributed by atoms with Gasteiger partial charge >= 0.3 is 0 Å². The molecule has 0 amide bonds. The van der Waals surface area contributed by atoms with E-state index < -0.39 is 0 Å². The van der Waals surface area contributed by atoms with Crippen molar-refractivity contribution < 1.29 is 0 Å². The maximum atomic E-state index is 9.74. The predicted molar refractivity (Wildman–Crippen MR) is 95.7 cm³/mol. The van der Waals surface area contributed by atoms with Crippen LogP contribution in [0.4, 0.5) is 5.82 Å². The number of benzene rings is 1. The molecule has 2 N–H and O–H groups in total. The quantitative estimate of drug-likeness (QED) is 0.740. The Kier molecular flexibility index (Phi) is 4.33. The second kappa shape index (κ2) is 6.45. The molecule has 0 unspecified atom stereocenters. The van der Waals surface area contributed by atoms with Crippen molar-refractivity contribution in [2.45, 2.75) is 0 Å². The first-order valence-electron chi connectivity index (χ1n) is 7.04. The van der Waals surface area contributed by atoms with E-state index in [9.17, 15) is 10.5 Å². The number of halogens is 2. The highest BCUT2D eigenvalue weighted by atomic mass is 35.5. The number of anilines is 1. The molecule has 3 aromatic rings. The fraction of sp³-hybridized carbons (Fsp3) is 0.0588. The summed E-state index contributed by atoms with van der Waals surface area (Å²) in [4.78, 5) is 4.24. The molecule has 0 aliphatic heterocycles. The van der Waals surface area contributed by atoms with Gasteiger partial charge in [0.2, 0.25) is 0 Å². The molecule has 0 spiro atoms. The van der Waals surface area contributed by atoms with E-state index in [4.69, 9.17) is 28.9 Å². The first-order chi connectivity index (χ1) is 12.0. The molecule has 0 atom stereocenters. The third-order valence-corrected chi connectivity index (χ3v) is 4.37. The Morgan fingerprint density at radius 3 is 2.36 bits per heavy atom. The molecule has 3 rings (SSSR count). The number of pyridine rings is 1. The third-order valence-electron chi connectivity index (χ3n) is 3.64. The summed E-state index contributed by atoms with van der Waals surface area (Å²) in [5, 5.41) is 24.0. The standard InChI is InChI=1S/C17H10Cl2N6/c1-25-8-10(7-23-25)16-11(5-20)15(12(6-21)17(22)24-16)9-2-3-13(18)14(19)4-9/h2-4,7-8H,1H3,(H2,22,24). The largest absolute Gasteiger partial charge is 0.383 e. The van der Waals surface area contributed by atoms with E-state index in [0.29, 0.717) is 32.4 Å². The average molecular weight is 369 g/mol. The number of nitrogen functional groups attached to an aromatic ring is 1. The van der Waals surface area contributed by atoms with E-state index >= 15 is 0 Å². The van der Waals surface area contributed by atoms with E-state index in [0.717, 1.165) is 0 Å². The highest BCUT2D eigenvalue weighted by molar-refractivity contribution is 6.42. The van der Waals surface area contributed by atoms with Crippen molar-refractivity contribution in [1.29, 1.82) is 10.5 Å². The molecule has 0 radical (unpaired) electrons. The number of nitrogens with two attached hydrogens (primary N) is 1. The number of rotatable bonds is 2. The van der Waals surface area contributed by atoms with Gasteiger partial charge in [0.25, 0.3) is 0 Å². The zero-order valence-corrected chi connectivity index (χ0v) is 14.5. The Balaban J connectivity index is 2.40. The summed E-state index contributed by atoms with van der Waals surface area (Å²) >= 11 is 12.1. The molecular weight excluding hydrogens is 359 g/mol. The second-order valence-electron chi connectivity index (χ2n) is 5.23. The Labute approximate surface area is 153 Å². The maximum absolute atomic E-state index is 9.74. The van der Waals surface area contributed by atoms with Gasteiger partial charge in [-0.05, 0) is 17.7 Å². The van der Waals surface area contributed by atoms with E-state index in [-0.39, 0.29) is 16.9 Å². The second-order valence-corrected chi connectivity index (χ2v) is 6.04. The molecule has 2 aromatic heterocycles. The van der Waals surface area contributed by atoms with Crippen molar-refractivity contribution in [1.82, 2.24) is 14.8 Å². The van der Waals surface area contributed by atoms with Gasteiger partial charge in [0.1, 0.15) is 23.5 Å². The molecular formula is C17H10Cl2N6. The highest BCUT2D eigenvalue weighted by Gasteiger charge is 2.22. The van der Waals surface area contributed by atoms with Gasteiger partial charge in [0, 0.05) is 24.4 Å². The van der Waals surface area contributed by atoms with Crippen molar-refractivity contribution in [3.8, 4) is 34.5 Å². The minimum atomic E-state index is 0.0291. The van der Waals surface area contributed by atoms with E-state index in [1.165, 1.54) is 0 Å². The van der Waals surface area contributed by atoms with Crippen molar-refractivity contribution >= 4 is 29.0 Å². The fourth-order valence-corrected chi connectivity index (χ4v) is 2.82. The maximum Gasteiger partial charge on any atom is 0.142 e. The molecule has 8 heteroatoms. The molecule has 0 aliphatic carbocycles. The smallest absolute Gasteiger partial charge is 0.142 e. The van der Waals surface area contributed by atoms with Gasteiger partial charge < -0.3 is 5.73 Å². The molecule has 25 heavy (non-hydrogen) atoms. The first kappa shape index (κ1) is 16.8. The SMILES string of the molecule is Cn1cc(-c2nc(N)c(C#N)c(-c3ccc(Cl)c(Cl)c3)c2C#N)cn1. The molecule has 0 bridgehead atoms. The molecule has 122 valence electrons. The first-order valence-corrected chi connectivity index (χ1v) is 7.80. The molecule has 0 aliphatic rings. The van der Waals surface area contributed by atoms with Crippen LogP contribution in [0.5, 0.6) is 0 Å². The van der Waals surface area contributed by atoms with E-state index in [1.807, 2.05) is 6.07 Å². The van der Waals surface area contributed by atoms with E-state index in [2.05, 4.69) is 16.2 Å². The van der Waals surface area contributed by atoms with Gasteiger partial charge in [-0.3, -0.25) is 4.68 Å². The molecule has 0 saturated heterocycles. The van der Waals surface area contributed by atoms with Crippen LogP contribution >= 0.6 is 23.2 Å². The summed E-state index contributed by atoms with van der Waals surface area (Å²) in [6.07, 6.45) is 3.29. The zero-order valence-electron chi connectivity index (χ0n) is 13.0. The van der Waals surface area contributed by atoms with Crippen LogP contribution in [0.1, 0.15) is 11.1 Å². The fourth-order valence-electron chi connectivity index (χ4n) is 2.52. The van der Waals surface area contributed by atoms with Gasteiger partial charge in [-0.25, -0.2) is 4.98 Å². The van der Waals surface area contributed by atoms with Crippen LogP contribution in [0, 0.1) is 22.7 Å². The van der Waals surface area contributed by atoms with Crippen LogP contribution in [-0.4, -0.2) is 14.8 Å². The summed E-state index contributed by atoms with van der Waals surface area (Å²) in [5.74, 6) is 0.0291. The summed E-state index contributed by atoms with van der Waals surface area (Å²) in [6, 6.07) is 9.01. The zero-order chi connectivity index (χ0) is 18.1. The Hall–Kier alpha value is -3.06. The van der Waals surface area contributed by atoms with Crippen LogP contribution in [0.3, 0.4) is 0 Å². The van der Waals surface area contributed by atoms with Gasteiger partial charge in [-0.1, -0.05) is 29.3 Å². The lowest BCUT2D eigenvalue weighted by atomic mass is 9.93. The van der Waals surface area contributed by atoms with Gasteiger partial charge in [0.05, 0.1) is 27.5 Å². The topological polar surface area (TPSA) is 104 Å². The summed E-state index contributed by atoms with van der Waals surface area (Å²) in [6.45, 7) is 0. The number of aryl methyl sites for hydroxylation is 1.